The number of amides is 1. The van der Waals surface area contributed by atoms with Crippen LogP contribution in [0.4, 0.5) is 18.9 Å². The van der Waals surface area contributed by atoms with Gasteiger partial charge in [0.25, 0.3) is 0 Å². The lowest BCUT2D eigenvalue weighted by atomic mass is 10.2. The van der Waals surface area contributed by atoms with Gasteiger partial charge in [-0.05, 0) is 56.3 Å². The van der Waals surface area contributed by atoms with E-state index >= 15 is 0 Å². The van der Waals surface area contributed by atoms with Gasteiger partial charge in [-0.15, -0.1) is 10.2 Å². The molecule has 0 spiro atoms. The van der Waals surface area contributed by atoms with Gasteiger partial charge in [0, 0.05) is 16.7 Å². The highest BCUT2D eigenvalue weighted by Gasteiger charge is 2.30. The van der Waals surface area contributed by atoms with E-state index in [1.54, 1.807) is 0 Å². The zero-order valence-electron chi connectivity index (χ0n) is 17.2. The quantitative estimate of drug-likeness (QED) is 0.366. The van der Waals surface area contributed by atoms with Crippen LogP contribution >= 0.6 is 27.7 Å². The molecule has 0 bridgehead atoms. The third kappa shape index (κ3) is 6.26. The molecule has 32 heavy (non-hydrogen) atoms. The second-order valence-electron chi connectivity index (χ2n) is 6.71. The molecular weight excluding hydrogens is 509 g/mol. The standard InChI is InChI=1S/C21H20BrF3N4O2S/c1-3-29-19(13(2)31-17-9-7-15(22)8-10-17)27-28-20(29)32-12-18(30)26-16-6-4-5-14(11-16)21(23,24)25/h4-11,13H,3,12H2,1-2H3,(H,26,30). The number of alkyl halides is 3. The number of hydrogen-bond acceptors (Lipinski definition) is 5. The number of carbonyl (C=O) groups excluding carboxylic acids is 1. The Bertz CT molecular complexity index is 1070. The van der Waals surface area contributed by atoms with E-state index < -0.39 is 17.6 Å². The summed E-state index contributed by atoms with van der Waals surface area (Å²) in [6.45, 7) is 4.34. The highest BCUT2D eigenvalue weighted by atomic mass is 79.9. The average Bonchev–Trinajstić information content (AvgIpc) is 3.16. The van der Waals surface area contributed by atoms with Gasteiger partial charge < -0.3 is 14.6 Å². The molecular formula is C21H20BrF3N4O2S. The second-order valence-corrected chi connectivity index (χ2v) is 8.57. The van der Waals surface area contributed by atoms with E-state index in [2.05, 4.69) is 31.4 Å². The molecule has 0 fully saturated rings. The number of halogens is 4. The molecule has 0 aliphatic heterocycles. The summed E-state index contributed by atoms with van der Waals surface area (Å²) < 4.78 is 47.2. The minimum atomic E-state index is -4.47. The second kappa shape index (κ2) is 10.4. The van der Waals surface area contributed by atoms with E-state index in [4.69, 9.17) is 4.74 Å². The van der Waals surface area contributed by atoms with Crippen molar-refractivity contribution >= 4 is 39.3 Å². The number of ether oxygens (including phenoxy) is 1. The Morgan fingerprint density at radius 1 is 1.22 bits per heavy atom. The third-order valence-corrected chi connectivity index (χ3v) is 5.85. The first-order chi connectivity index (χ1) is 15.2. The summed E-state index contributed by atoms with van der Waals surface area (Å²) in [6.07, 6.45) is -4.85. The van der Waals surface area contributed by atoms with Crippen molar-refractivity contribution < 1.29 is 22.7 Å². The Morgan fingerprint density at radius 2 is 1.94 bits per heavy atom. The van der Waals surface area contributed by atoms with E-state index in [1.807, 2.05) is 42.7 Å². The van der Waals surface area contributed by atoms with Gasteiger partial charge in [0.1, 0.15) is 5.75 Å². The Labute approximate surface area is 195 Å². The molecule has 1 unspecified atom stereocenters. The van der Waals surface area contributed by atoms with Crippen molar-refractivity contribution in [2.75, 3.05) is 11.1 Å². The number of nitrogens with zero attached hydrogens (tertiary/aromatic N) is 3. The molecule has 1 N–H and O–H groups in total. The summed E-state index contributed by atoms with van der Waals surface area (Å²) in [6, 6.07) is 11.9. The summed E-state index contributed by atoms with van der Waals surface area (Å²) in [7, 11) is 0. The van der Waals surface area contributed by atoms with Crippen LogP contribution in [0.3, 0.4) is 0 Å². The molecule has 1 aromatic heterocycles. The largest absolute Gasteiger partial charge is 0.483 e. The first-order valence-electron chi connectivity index (χ1n) is 9.62. The normalized spacial score (nSPS) is 12.4. The van der Waals surface area contributed by atoms with E-state index in [-0.39, 0.29) is 17.5 Å². The molecule has 1 heterocycles. The topological polar surface area (TPSA) is 69.0 Å². The number of carbonyl (C=O) groups is 1. The molecule has 1 atom stereocenters. The number of aromatic nitrogens is 3. The van der Waals surface area contributed by atoms with Gasteiger partial charge in [0.05, 0.1) is 11.3 Å². The highest BCUT2D eigenvalue weighted by molar-refractivity contribution is 9.10. The van der Waals surface area contributed by atoms with Crippen molar-refractivity contribution in [3.8, 4) is 5.75 Å². The van der Waals surface area contributed by atoms with Gasteiger partial charge in [-0.1, -0.05) is 33.8 Å². The summed E-state index contributed by atoms with van der Waals surface area (Å²) in [4.78, 5) is 12.3. The zero-order valence-corrected chi connectivity index (χ0v) is 19.6. The molecule has 11 heteroatoms. The SMILES string of the molecule is CCn1c(SCC(=O)Nc2cccc(C(F)(F)F)c2)nnc1C(C)Oc1ccc(Br)cc1. The lowest BCUT2D eigenvalue weighted by Crippen LogP contribution is -2.16. The maximum Gasteiger partial charge on any atom is 0.416 e. The molecule has 170 valence electrons. The third-order valence-electron chi connectivity index (χ3n) is 4.36. The van der Waals surface area contributed by atoms with Gasteiger partial charge in [-0.2, -0.15) is 13.2 Å². The Balaban J connectivity index is 1.62. The number of anilines is 1. The fourth-order valence-electron chi connectivity index (χ4n) is 2.88. The summed E-state index contributed by atoms with van der Waals surface area (Å²) >= 11 is 4.53. The number of nitrogens with one attached hydrogen (secondary N) is 1. The molecule has 0 aliphatic rings. The van der Waals surface area contributed by atoms with Gasteiger partial charge in [0.2, 0.25) is 5.91 Å². The number of rotatable bonds is 8. The van der Waals surface area contributed by atoms with Crippen LogP contribution in [0.5, 0.6) is 5.75 Å². The average molecular weight is 529 g/mol. The molecule has 0 radical (unpaired) electrons. The van der Waals surface area contributed by atoms with Crippen LogP contribution in [0, 0.1) is 0 Å². The van der Waals surface area contributed by atoms with Gasteiger partial charge in [-0.3, -0.25) is 4.79 Å². The van der Waals surface area contributed by atoms with Crippen LogP contribution in [-0.2, 0) is 17.5 Å². The van der Waals surface area contributed by atoms with Crippen LogP contribution < -0.4 is 10.1 Å². The lowest BCUT2D eigenvalue weighted by molar-refractivity contribution is -0.137. The molecule has 3 aromatic rings. The Morgan fingerprint density at radius 3 is 2.59 bits per heavy atom. The predicted molar refractivity (Wildman–Crippen MR) is 120 cm³/mol. The fourth-order valence-corrected chi connectivity index (χ4v) is 3.95. The summed E-state index contributed by atoms with van der Waals surface area (Å²) in [5.74, 6) is 0.814. The minimum Gasteiger partial charge on any atom is -0.483 e. The van der Waals surface area contributed by atoms with Crippen molar-refractivity contribution in [1.82, 2.24) is 14.8 Å². The van der Waals surface area contributed by atoms with Crippen LogP contribution in [0.25, 0.3) is 0 Å². The van der Waals surface area contributed by atoms with Crippen molar-refractivity contribution in [2.45, 2.75) is 37.8 Å². The summed E-state index contributed by atoms with van der Waals surface area (Å²) in [5, 5.41) is 11.4. The van der Waals surface area contributed by atoms with E-state index in [1.165, 1.54) is 12.1 Å². The highest BCUT2D eigenvalue weighted by Crippen LogP contribution is 2.31. The number of hydrogen-bond donors (Lipinski definition) is 1. The van der Waals surface area contributed by atoms with Gasteiger partial charge in [-0.25, -0.2) is 0 Å². The lowest BCUT2D eigenvalue weighted by Gasteiger charge is -2.15. The smallest absolute Gasteiger partial charge is 0.416 e. The summed E-state index contributed by atoms with van der Waals surface area (Å²) in [5.41, 5.74) is -0.738. The van der Waals surface area contributed by atoms with E-state index in [0.717, 1.165) is 28.4 Å². The molecule has 3 rings (SSSR count). The van der Waals surface area contributed by atoms with Crippen LogP contribution in [-0.4, -0.2) is 26.4 Å². The Hall–Kier alpha value is -2.53. The molecule has 6 nitrogen and oxygen atoms in total. The molecule has 0 aliphatic carbocycles. The molecule has 0 saturated heterocycles. The number of thioether (sulfide) groups is 1. The van der Waals surface area contributed by atoms with Crippen LogP contribution in [0.2, 0.25) is 0 Å². The van der Waals surface area contributed by atoms with Crippen molar-refractivity contribution in [3.63, 3.8) is 0 Å². The Kier molecular flexibility index (Phi) is 7.83. The monoisotopic (exact) mass is 528 g/mol. The van der Waals surface area contributed by atoms with E-state index in [9.17, 15) is 18.0 Å². The zero-order chi connectivity index (χ0) is 23.3. The number of benzene rings is 2. The van der Waals surface area contributed by atoms with Crippen molar-refractivity contribution in [1.29, 1.82) is 0 Å². The van der Waals surface area contributed by atoms with Gasteiger partial charge >= 0.3 is 6.18 Å². The van der Waals surface area contributed by atoms with Crippen molar-refractivity contribution in [3.05, 3.63) is 64.4 Å². The van der Waals surface area contributed by atoms with Crippen LogP contribution in [0.15, 0.2) is 58.2 Å². The molecule has 0 saturated carbocycles. The maximum absolute atomic E-state index is 12.8. The molecule has 2 aromatic carbocycles. The van der Waals surface area contributed by atoms with Gasteiger partial charge in [0.15, 0.2) is 17.1 Å². The van der Waals surface area contributed by atoms with E-state index in [0.29, 0.717) is 23.3 Å². The predicted octanol–water partition coefficient (Wildman–Crippen LogP) is 5.95. The maximum atomic E-state index is 12.8. The minimum absolute atomic E-state index is 0.0314. The first-order valence-corrected chi connectivity index (χ1v) is 11.4. The first kappa shape index (κ1) is 24.1. The fraction of sp³-hybridized carbons (Fsp3) is 0.286. The van der Waals surface area contributed by atoms with Crippen molar-refractivity contribution in [2.24, 2.45) is 0 Å². The van der Waals surface area contributed by atoms with Crippen LogP contribution in [0.1, 0.15) is 31.3 Å². The molecule has 1 amide bonds.